The largest absolute Gasteiger partial charge is 0.296 e. The Balaban J connectivity index is 1.82. The standard InChI is InChI=1S/C12H21N3S/c1-12(2,3)15-6-4-14(5-7-15)8-11-9-16-10-13-11/h9-10H,4-8H2,1-3H3. The fourth-order valence-electron chi connectivity index (χ4n) is 2.12. The Morgan fingerprint density at radius 3 is 2.44 bits per heavy atom. The summed E-state index contributed by atoms with van der Waals surface area (Å²) in [5.74, 6) is 0. The Bertz CT molecular complexity index is 308. The predicted molar refractivity (Wildman–Crippen MR) is 68.7 cm³/mol. The van der Waals surface area contributed by atoms with E-state index in [0.717, 1.165) is 19.6 Å². The second-order valence-corrected chi connectivity index (χ2v) is 6.13. The lowest BCUT2D eigenvalue weighted by Crippen LogP contribution is -2.53. The number of aromatic nitrogens is 1. The molecular formula is C12H21N3S. The molecule has 0 N–H and O–H groups in total. The zero-order chi connectivity index (χ0) is 11.6. The summed E-state index contributed by atoms with van der Waals surface area (Å²) in [5.41, 5.74) is 3.45. The molecule has 0 saturated carbocycles. The van der Waals surface area contributed by atoms with Gasteiger partial charge < -0.3 is 0 Å². The Morgan fingerprint density at radius 2 is 1.94 bits per heavy atom. The zero-order valence-electron chi connectivity index (χ0n) is 10.4. The van der Waals surface area contributed by atoms with E-state index in [4.69, 9.17) is 0 Å². The van der Waals surface area contributed by atoms with Gasteiger partial charge in [-0.05, 0) is 20.8 Å². The molecule has 0 unspecified atom stereocenters. The van der Waals surface area contributed by atoms with Crippen LogP contribution in [0.4, 0.5) is 0 Å². The van der Waals surface area contributed by atoms with Gasteiger partial charge in [0.05, 0.1) is 11.2 Å². The molecule has 1 aliphatic heterocycles. The Kier molecular flexibility index (Phi) is 3.62. The van der Waals surface area contributed by atoms with E-state index in [9.17, 15) is 0 Å². The molecule has 0 aromatic carbocycles. The third kappa shape index (κ3) is 3.03. The smallest absolute Gasteiger partial charge is 0.0795 e. The van der Waals surface area contributed by atoms with Crippen LogP contribution in [0.15, 0.2) is 10.9 Å². The molecular weight excluding hydrogens is 218 g/mol. The number of nitrogens with zero attached hydrogens (tertiary/aromatic N) is 3. The van der Waals surface area contributed by atoms with Gasteiger partial charge in [0.25, 0.3) is 0 Å². The van der Waals surface area contributed by atoms with E-state index in [-0.39, 0.29) is 0 Å². The molecule has 0 amide bonds. The molecule has 16 heavy (non-hydrogen) atoms. The molecule has 0 atom stereocenters. The molecule has 1 aliphatic rings. The first-order valence-electron chi connectivity index (χ1n) is 5.90. The Hall–Kier alpha value is -0.450. The van der Waals surface area contributed by atoms with Crippen LogP contribution in [0.3, 0.4) is 0 Å². The molecule has 4 heteroatoms. The topological polar surface area (TPSA) is 19.4 Å². The van der Waals surface area contributed by atoms with Crippen molar-refractivity contribution in [1.29, 1.82) is 0 Å². The number of piperazine rings is 1. The molecule has 90 valence electrons. The van der Waals surface area contributed by atoms with Gasteiger partial charge in [0.1, 0.15) is 0 Å². The second kappa shape index (κ2) is 4.82. The summed E-state index contributed by atoms with van der Waals surface area (Å²) in [4.78, 5) is 9.40. The van der Waals surface area contributed by atoms with E-state index in [0.29, 0.717) is 5.54 Å². The lowest BCUT2D eigenvalue weighted by Gasteiger charge is -2.42. The van der Waals surface area contributed by atoms with E-state index < -0.39 is 0 Å². The molecule has 2 rings (SSSR count). The molecule has 2 heterocycles. The quantitative estimate of drug-likeness (QED) is 0.787. The maximum Gasteiger partial charge on any atom is 0.0795 e. The average Bonchev–Trinajstić information content (AvgIpc) is 2.70. The van der Waals surface area contributed by atoms with Gasteiger partial charge >= 0.3 is 0 Å². The fourth-order valence-corrected chi connectivity index (χ4v) is 2.67. The Labute approximate surface area is 102 Å². The molecule has 1 fully saturated rings. The fraction of sp³-hybridized carbons (Fsp3) is 0.750. The van der Waals surface area contributed by atoms with E-state index in [1.165, 1.54) is 18.8 Å². The summed E-state index contributed by atoms with van der Waals surface area (Å²) >= 11 is 1.68. The maximum absolute atomic E-state index is 4.34. The van der Waals surface area contributed by atoms with Crippen LogP contribution in [-0.4, -0.2) is 46.5 Å². The van der Waals surface area contributed by atoms with Crippen molar-refractivity contribution in [3.63, 3.8) is 0 Å². The van der Waals surface area contributed by atoms with E-state index in [1.54, 1.807) is 11.3 Å². The molecule has 1 saturated heterocycles. The minimum atomic E-state index is 0.312. The predicted octanol–water partition coefficient (Wildman–Crippen LogP) is 2.06. The van der Waals surface area contributed by atoms with Crippen molar-refractivity contribution in [3.05, 3.63) is 16.6 Å². The number of hydrogen-bond donors (Lipinski definition) is 0. The molecule has 0 radical (unpaired) electrons. The summed E-state index contributed by atoms with van der Waals surface area (Å²) in [6.07, 6.45) is 0. The minimum absolute atomic E-state index is 0.312. The van der Waals surface area contributed by atoms with Gasteiger partial charge in [-0.25, -0.2) is 4.98 Å². The van der Waals surface area contributed by atoms with Crippen LogP contribution < -0.4 is 0 Å². The maximum atomic E-state index is 4.34. The monoisotopic (exact) mass is 239 g/mol. The first kappa shape index (κ1) is 12.0. The van der Waals surface area contributed by atoms with Crippen molar-refractivity contribution >= 4 is 11.3 Å². The summed E-state index contributed by atoms with van der Waals surface area (Å²) in [6.45, 7) is 12.6. The molecule has 0 spiro atoms. The number of rotatable bonds is 2. The lowest BCUT2D eigenvalue weighted by atomic mass is 10.1. The SMILES string of the molecule is CC(C)(C)N1CCN(Cc2cscn2)CC1. The average molecular weight is 239 g/mol. The number of thiazole rings is 1. The summed E-state index contributed by atoms with van der Waals surface area (Å²) in [6, 6.07) is 0. The first-order valence-corrected chi connectivity index (χ1v) is 6.84. The molecule has 1 aromatic rings. The highest BCUT2D eigenvalue weighted by molar-refractivity contribution is 7.07. The van der Waals surface area contributed by atoms with E-state index >= 15 is 0 Å². The minimum Gasteiger partial charge on any atom is -0.296 e. The third-order valence-electron chi connectivity index (χ3n) is 3.19. The van der Waals surface area contributed by atoms with Crippen molar-refractivity contribution in [2.24, 2.45) is 0 Å². The van der Waals surface area contributed by atoms with Crippen molar-refractivity contribution in [3.8, 4) is 0 Å². The van der Waals surface area contributed by atoms with Gasteiger partial charge in [-0.15, -0.1) is 11.3 Å². The molecule has 1 aromatic heterocycles. The summed E-state index contributed by atoms with van der Waals surface area (Å²) in [5, 5.41) is 2.15. The lowest BCUT2D eigenvalue weighted by molar-refractivity contribution is 0.0586. The van der Waals surface area contributed by atoms with Crippen molar-refractivity contribution in [2.75, 3.05) is 26.2 Å². The van der Waals surface area contributed by atoms with E-state index in [1.807, 2.05) is 5.51 Å². The Morgan fingerprint density at radius 1 is 1.25 bits per heavy atom. The third-order valence-corrected chi connectivity index (χ3v) is 3.83. The zero-order valence-corrected chi connectivity index (χ0v) is 11.3. The van der Waals surface area contributed by atoms with Crippen molar-refractivity contribution < 1.29 is 0 Å². The van der Waals surface area contributed by atoms with Gasteiger partial charge in [-0.1, -0.05) is 0 Å². The summed E-state index contributed by atoms with van der Waals surface area (Å²) < 4.78 is 0. The van der Waals surface area contributed by atoms with E-state index in [2.05, 4.69) is 40.9 Å². The molecule has 0 bridgehead atoms. The van der Waals surface area contributed by atoms with Gasteiger partial charge in [0, 0.05) is 43.6 Å². The molecule has 3 nitrogen and oxygen atoms in total. The van der Waals surface area contributed by atoms with Crippen LogP contribution in [-0.2, 0) is 6.54 Å². The molecule has 0 aliphatic carbocycles. The van der Waals surface area contributed by atoms with Gasteiger partial charge in [0.2, 0.25) is 0 Å². The first-order chi connectivity index (χ1) is 7.55. The normalized spacial score (nSPS) is 20.2. The number of hydrogen-bond acceptors (Lipinski definition) is 4. The van der Waals surface area contributed by atoms with Crippen LogP contribution in [0.1, 0.15) is 26.5 Å². The van der Waals surface area contributed by atoms with Gasteiger partial charge in [-0.2, -0.15) is 0 Å². The second-order valence-electron chi connectivity index (χ2n) is 5.41. The van der Waals surface area contributed by atoms with Crippen molar-refractivity contribution in [2.45, 2.75) is 32.9 Å². The van der Waals surface area contributed by atoms with Gasteiger partial charge in [0.15, 0.2) is 0 Å². The highest BCUT2D eigenvalue weighted by atomic mass is 32.1. The highest BCUT2D eigenvalue weighted by Gasteiger charge is 2.25. The van der Waals surface area contributed by atoms with Gasteiger partial charge in [-0.3, -0.25) is 9.80 Å². The summed E-state index contributed by atoms with van der Waals surface area (Å²) in [7, 11) is 0. The van der Waals surface area contributed by atoms with Crippen LogP contribution in [0.25, 0.3) is 0 Å². The van der Waals surface area contributed by atoms with Crippen LogP contribution in [0.5, 0.6) is 0 Å². The van der Waals surface area contributed by atoms with Crippen LogP contribution in [0.2, 0.25) is 0 Å². The van der Waals surface area contributed by atoms with Crippen molar-refractivity contribution in [1.82, 2.24) is 14.8 Å². The van der Waals surface area contributed by atoms with Crippen LogP contribution >= 0.6 is 11.3 Å². The van der Waals surface area contributed by atoms with Crippen LogP contribution in [0, 0.1) is 0 Å². The highest BCUT2D eigenvalue weighted by Crippen LogP contribution is 2.16.